The third-order valence-electron chi connectivity index (χ3n) is 2.51. The SMILES string of the molecule is NC(=O)NN=Cc1ccc2c(c1)CCNC2. The van der Waals surface area contributed by atoms with Crippen LogP contribution in [-0.4, -0.2) is 18.8 Å². The molecule has 0 saturated heterocycles. The number of hydrazone groups is 1. The lowest BCUT2D eigenvalue weighted by atomic mass is 9.99. The largest absolute Gasteiger partial charge is 0.350 e. The number of nitrogens with zero attached hydrogens (tertiary/aromatic N) is 1. The van der Waals surface area contributed by atoms with Crippen LogP contribution in [0.15, 0.2) is 23.3 Å². The van der Waals surface area contributed by atoms with Gasteiger partial charge in [0.15, 0.2) is 0 Å². The van der Waals surface area contributed by atoms with Crippen LogP contribution in [0.4, 0.5) is 4.79 Å². The molecule has 1 aromatic carbocycles. The number of nitrogens with two attached hydrogens (primary N) is 1. The van der Waals surface area contributed by atoms with Crippen molar-refractivity contribution < 1.29 is 4.79 Å². The zero-order chi connectivity index (χ0) is 11.4. The molecule has 0 spiro atoms. The minimum Gasteiger partial charge on any atom is -0.350 e. The molecule has 0 aromatic heterocycles. The number of carbonyl (C=O) groups excluding carboxylic acids is 1. The van der Waals surface area contributed by atoms with Crippen LogP contribution < -0.4 is 16.5 Å². The van der Waals surface area contributed by atoms with Gasteiger partial charge in [-0.05, 0) is 35.7 Å². The van der Waals surface area contributed by atoms with Crippen molar-refractivity contribution in [1.82, 2.24) is 10.7 Å². The minimum absolute atomic E-state index is 0.654. The molecular weight excluding hydrogens is 204 g/mol. The third kappa shape index (κ3) is 2.58. The van der Waals surface area contributed by atoms with E-state index in [9.17, 15) is 4.79 Å². The molecule has 4 N–H and O–H groups in total. The van der Waals surface area contributed by atoms with Gasteiger partial charge in [-0.2, -0.15) is 5.10 Å². The molecule has 1 aliphatic rings. The second-order valence-electron chi connectivity index (χ2n) is 3.69. The van der Waals surface area contributed by atoms with Crippen LogP contribution in [0.1, 0.15) is 16.7 Å². The van der Waals surface area contributed by atoms with E-state index in [0.717, 1.165) is 25.1 Å². The Kier molecular flexibility index (Phi) is 3.16. The first kappa shape index (κ1) is 10.6. The summed E-state index contributed by atoms with van der Waals surface area (Å²) in [5.41, 5.74) is 10.7. The van der Waals surface area contributed by atoms with E-state index in [0.29, 0.717) is 0 Å². The highest BCUT2D eigenvalue weighted by Crippen LogP contribution is 2.14. The Morgan fingerprint density at radius 3 is 3.19 bits per heavy atom. The van der Waals surface area contributed by atoms with Gasteiger partial charge in [0.05, 0.1) is 6.21 Å². The number of carbonyl (C=O) groups is 1. The summed E-state index contributed by atoms with van der Waals surface area (Å²) in [6.07, 6.45) is 2.62. The van der Waals surface area contributed by atoms with Gasteiger partial charge in [0.2, 0.25) is 0 Å². The van der Waals surface area contributed by atoms with Crippen LogP contribution in [0.5, 0.6) is 0 Å². The van der Waals surface area contributed by atoms with Crippen molar-refractivity contribution in [3.63, 3.8) is 0 Å². The number of hydrogen-bond acceptors (Lipinski definition) is 3. The summed E-state index contributed by atoms with van der Waals surface area (Å²) in [5, 5.41) is 7.04. The van der Waals surface area contributed by atoms with Crippen LogP contribution in [0.25, 0.3) is 0 Å². The first-order valence-corrected chi connectivity index (χ1v) is 5.17. The number of urea groups is 1. The second-order valence-corrected chi connectivity index (χ2v) is 3.69. The van der Waals surface area contributed by atoms with Gasteiger partial charge >= 0.3 is 6.03 Å². The Bertz CT molecular complexity index is 428. The molecule has 0 unspecified atom stereocenters. The number of rotatable bonds is 2. The Morgan fingerprint density at radius 2 is 2.38 bits per heavy atom. The van der Waals surface area contributed by atoms with E-state index >= 15 is 0 Å². The lowest BCUT2D eigenvalue weighted by Crippen LogP contribution is -2.24. The minimum atomic E-state index is -0.654. The molecule has 0 fully saturated rings. The van der Waals surface area contributed by atoms with Crippen molar-refractivity contribution in [3.05, 3.63) is 34.9 Å². The number of amides is 2. The zero-order valence-corrected chi connectivity index (χ0v) is 8.86. The average Bonchev–Trinajstić information content (AvgIpc) is 2.28. The van der Waals surface area contributed by atoms with Crippen LogP contribution in [0, 0.1) is 0 Å². The molecule has 1 aromatic rings. The van der Waals surface area contributed by atoms with Crippen molar-refractivity contribution >= 4 is 12.2 Å². The van der Waals surface area contributed by atoms with Crippen molar-refractivity contribution in [2.24, 2.45) is 10.8 Å². The fourth-order valence-corrected chi connectivity index (χ4v) is 1.75. The van der Waals surface area contributed by atoms with Crippen molar-refractivity contribution in [1.29, 1.82) is 0 Å². The van der Waals surface area contributed by atoms with Gasteiger partial charge in [-0.25, -0.2) is 10.2 Å². The fourth-order valence-electron chi connectivity index (χ4n) is 1.75. The number of primary amides is 1. The molecule has 2 rings (SSSR count). The highest BCUT2D eigenvalue weighted by Gasteiger charge is 2.07. The van der Waals surface area contributed by atoms with Crippen LogP contribution in [0.3, 0.4) is 0 Å². The summed E-state index contributed by atoms with van der Waals surface area (Å²) in [4.78, 5) is 10.4. The topological polar surface area (TPSA) is 79.5 Å². The number of fused-ring (bicyclic) bond motifs is 1. The lowest BCUT2D eigenvalue weighted by Gasteiger charge is -2.16. The molecule has 1 aliphatic heterocycles. The Morgan fingerprint density at radius 1 is 1.50 bits per heavy atom. The van der Waals surface area contributed by atoms with Crippen LogP contribution >= 0.6 is 0 Å². The van der Waals surface area contributed by atoms with E-state index in [2.05, 4.69) is 28.0 Å². The molecular formula is C11H14N4O. The predicted molar refractivity (Wildman–Crippen MR) is 62.2 cm³/mol. The van der Waals surface area contributed by atoms with Gasteiger partial charge in [-0.3, -0.25) is 0 Å². The fraction of sp³-hybridized carbons (Fsp3) is 0.273. The molecule has 5 heteroatoms. The van der Waals surface area contributed by atoms with Gasteiger partial charge < -0.3 is 11.1 Å². The van der Waals surface area contributed by atoms with Gasteiger partial charge in [0.1, 0.15) is 0 Å². The second kappa shape index (κ2) is 4.76. The van der Waals surface area contributed by atoms with E-state index in [1.165, 1.54) is 11.1 Å². The maximum Gasteiger partial charge on any atom is 0.332 e. The maximum absolute atomic E-state index is 10.4. The maximum atomic E-state index is 10.4. The molecule has 5 nitrogen and oxygen atoms in total. The standard InChI is InChI=1S/C11H14N4O/c12-11(16)15-14-6-8-1-2-10-7-13-4-3-9(10)5-8/h1-2,5-6,13H,3-4,7H2,(H3,12,15,16). The first-order valence-electron chi connectivity index (χ1n) is 5.17. The predicted octanol–water partition coefficient (Wildman–Crippen LogP) is 0.334. The Labute approximate surface area is 93.7 Å². The highest BCUT2D eigenvalue weighted by molar-refractivity contribution is 5.81. The highest BCUT2D eigenvalue weighted by atomic mass is 16.2. The molecule has 1 heterocycles. The molecule has 16 heavy (non-hydrogen) atoms. The summed E-state index contributed by atoms with van der Waals surface area (Å²) >= 11 is 0. The van der Waals surface area contributed by atoms with Gasteiger partial charge in [-0.15, -0.1) is 0 Å². The van der Waals surface area contributed by atoms with Crippen LogP contribution in [0.2, 0.25) is 0 Å². The summed E-state index contributed by atoms with van der Waals surface area (Å²) in [6, 6.07) is 5.48. The summed E-state index contributed by atoms with van der Waals surface area (Å²) in [5.74, 6) is 0. The van der Waals surface area contributed by atoms with E-state index in [-0.39, 0.29) is 0 Å². The molecule has 0 aliphatic carbocycles. The molecule has 84 valence electrons. The van der Waals surface area contributed by atoms with Crippen molar-refractivity contribution in [2.45, 2.75) is 13.0 Å². The smallest absolute Gasteiger partial charge is 0.332 e. The van der Waals surface area contributed by atoms with Gasteiger partial charge in [0.25, 0.3) is 0 Å². The Hall–Kier alpha value is -1.88. The van der Waals surface area contributed by atoms with E-state index in [1.54, 1.807) is 6.21 Å². The molecule has 0 saturated carbocycles. The van der Waals surface area contributed by atoms with Gasteiger partial charge in [-0.1, -0.05) is 12.1 Å². The van der Waals surface area contributed by atoms with Gasteiger partial charge in [0, 0.05) is 6.54 Å². The number of benzene rings is 1. The summed E-state index contributed by atoms with van der Waals surface area (Å²) in [7, 11) is 0. The Balaban J connectivity index is 2.11. The summed E-state index contributed by atoms with van der Waals surface area (Å²) < 4.78 is 0. The number of hydrogen-bond donors (Lipinski definition) is 3. The summed E-state index contributed by atoms with van der Waals surface area (Å²) in [6.45, 7) is 1.93. The molecule has 0 radical (unpaired) electrons. The first-order chi connectivity index (χ1) is 7.75. The van der Waals surface area contributed by atoms with Crippen molar-refractivity contribution in [3.8, 4) is 0 Å². The third-order valence-corrected chi connectivity index (χ3v) is 2.51. The van der Waals surface area contributed by atoms with Crippen molar-refractivity contribution in [2.75, 3.05) is 6.54 Å². The monoisotopic (exact) mass is 218 g/mol. The number of nitrogens with one attached hydrogen (secondary N) is 2. The molecule has 0 bridgehead atoms. The molecule has 0 atom stereocenters. The molecule has 2 amide bonds. The van der Waals surface area contributed by atoms with E-state index in [1.807, 2.05) is 6.07 Å². The van der Waals surface area contributed by atoms with E-state index in [4.69, 9.17) is 5.73 Å². The normalized spacial score (nSPS) is 14.8. The van der Waals surface area contributed by atoms with Crippen LogP contribution in [-0.2, 0) is 13.0 Å². The van der Waals surface area contributed by atoms with E-state index < -0.39 is 6.03 Å². The lowest BCUT2D eigenvalue weighted by molar-refractivity contribution is 0.249. The average molecular weight is 218 g/mol. The quantitative estimate of drug-likeness (QED) is 0.494. The zero-order valence-electron chi connectivity index (χ0n) is 8.86.